The summed E-state index contributed by atoms with van der Waals surface area (Å²) in [6.45, 7) is 1.81. The normalized spacial score (nSPS) is 11.8. The Bertz CT molecular complexity index is 532. The molecule has 0 unspecified atom stereocenters. The predicted molar refractivity (Wildman–Crippen MR) is 108 cm³/mol. The lowest BCUT2D eigenvalue weighted by Gasteiger charge is -2.01. The van der Waals surface area contributed by atoms with Crippen LogP contribution in [0, 0.1) is 0 Å². The number of hydrogen-bond acceptors (Lipinski definition) is 4. The average Bonchev–Trinajstić information content (AvgIpc) is 3.35. The molecule has 0 amide bonds. The maximum Gasteiger partial charge on any atom is 0.147 e. The van der Waals surface area contributed by atoms with Gasteiger partial charge in [-0.2, -0.15) is 0 Å². The van der Waals surface area contributed by atoms with Crippen LogP contribution in [-0.2, 0) is 0 Å². The van der Waals surface area contributed by atoms with Gasteiger partial charge in [0.15, 0.2) is 0 Å². The molecule has 2 N–H and O–H groups in total. The van der Waals surface area contributed by atoms with Crippen LogP contribution in [0.4, 0.5) is 0 Å². The Morgan fingerprint density at radius 3 is 1.35 bits per heavy atom. The lowest BCUT2D eigenvalue weighted by atomic mass is 10.1. The van der Waals surface area contributed by atoms with Gasteiger partial charge >= 0.3 is 0 Å². The fourth-order valence-electron chi connectivity index (χ4n) is 2.82. The van der Waals surface area contributed by atoms with Gasteiger partial charge in [-0.3, -0.25) is 9.98 Å². The largest absolute Gasteiger partial charge is 0.344 e. The highest BCUT2D eigenvalue weighted by Crippen LogP contribution is 2.10. The lowest BCUT2D eigenvalue weighted by Crippen LogP contribution is -1.88. The van der Waals surface area contributed by atoms with Crippen LogP contribution >= 0.6 is 0 Å². The van der Waals surface area contributed by atoms with E-state index in [1.54, 1.807) is 12.4 Å². The van der Waals surface area contributed by atoms with Crippen molar-refractivity contribution < 1.29 is 0 Å². The first kappa shape index (κ1) is 20.1. The molecular weight excluding hydrogens is 324 g/mol. The zero-order valence-corrected chi connectivity index (χ0v) is 15.7. The van der Waals surface area contributed by atoms with Gasteiger partial charge in [0.1, 0.15) is 11.6 Å². The highest BCUT2D eigenvalue weighted by Gasteiger charge is 1.94. The molecule has 26 heavy (non-hydrogen) atoms. The third-order valence-corrected chi connectivity index (χ3v) is 4.29. The molecule has 142 valence electrons. The number of aliphatic imine (C=N–C) groups is 2. The minimum absolute atomic E-state index is 0.842. The number of rotatable bonds is 15. The van der Waals surface area contributed by atoms with E-state index < -0.39 is 0 Å². The van der Waals surface area contributed by atoms with E-state index >= 15 is 0 Å². The minimum Gasteiger partial charge on any atom is -0.344 e. The number of hydrogen-bond donors (Lipinski definition) is 2. The minimum atomic E-state index is 0.842. The smallest absolute Gasteiger partial charge is 0.147 e. The van der Waals surface area contributed by atoms with Crippen LogP contribution in [0.3, 0.4) is 0 Å². The molecule has 0 aliphatic heterocycles. The van der Waals surface area contributed by atoms with E-state index in [-0.39, 0.29) is 0 Å². The Hall–Kier alpha value is -2.24. The molecule has 2 heterocycles. The molecule has 0 saturated heterocycles. The Morgan fingerprint density at radius 2 is 1.00 bits per heavy atom. The Labute approximate surface area is 156 Å². The quantitative estimate of drug-likeness (QED) is 0.362. The molecule has 2 aromatic heterocycles. The average molecular weight is 357 g/mol. The van der Waals surface area contributed by atoms with Crippen LogP contribution in [0.25, 0.3) is 0 Å². The second-order valence-electron chi connectivity index (χ2n) is 6.55. The number of nitrogens with one attached hydrogen (secondary N) is 2. The van der Waals surface area contributed by atoms with Crippen LogP contribution in [0.5, 0.6) is 0 Å². The summed E-state index contributed by atoms with van der Waals surface area (Å²) >= 11 is 0. The fourth-order valence-corrected chi connectivity index (χ4v) is 2.82. The number of H-pyrrole nitrogens is 2. The molecule has 0 spiro atoms. The van der Waals surface area contributed by atoms with Gasteiger partial charge in [0.05, 0.1) is 12.4 Å². The number of unbranched alkanes of at least 4 members (excludes halogenated alkanes) is 9. The number of aromatic nitrogens is 4. The highest BCUT2D eigenvalue weighted by molar-refractivity contribution is 5.74. The van der Waals surface area contributed by atoms with E-state index in [1.807, 2.05) is 24.8 Å². The van der Waals surface area contributed by atoms with Crippen molar-refractivity contribution in [2.75, 3.05) is 13.1 Å². The molecular formula is C20H32N6. The van der Waals surface area contributed by atoms with E-state index in [0.717, 1.165) is 24.7 Å². The second kappa shape index (κ2) is 14.0. The van der Waals surface area contributed by atoms with Gasteiger partial charge in [0, 0.05) is 37.9 Å². The predicted octanol–water partition coefficient (Wildman–Crippen LogP) is 4.57. The molecule has 2 rings (SSSR count). The zero-order chi connectivity index (χ0) is 18.1. The van der Waals surface area contributed by atoms with Crippen molar-refractivity contribution in [1.29, 1.82) is 0 Å². The van der Waals surface area contributed by atoms with Crippen molar-refractivity contribution in [3.8, 4) is 0 Å². The van der Waals surface area contributed by atoms with E-state index in [1.165, 1.54) is 64.2 Å². The molecule has 0 saturated carbocycles. The van der Waals surface area contributed by atoms with E-state index in [2.05, 4.69) is 29.9 Å². The summed E-state index contributed by atoms with van der Waals surface area (Å²) in [6, 6.07) is 0. The van der Waals surface area contributed by atoms with Gasteiger partial charge in [-0.05, 0) is 12.8 Å². The molecule has 0 fully saturated rings. The SMILES string of the molecule is C(=NCCCCCCCCCCCCN=Cc1ncc[nH]1)c1ncc[nH]1. The number of aromatic amines is 2. The van der Waals surface area contributed by atoms with E-state index in [9.17, 15) is 0 Å². The van der Waals surface area contributed by atoms with Crippen molar-refractivity contribution in [1.82, 2.24) is 19.9 Å². The zero-order valence-electron chi connectivity index (χ0n) is 15.7. The molecule has 0 aliphatic rings. The second-order valence-corrected chi connectivity index (χ2v) is 6.55. The summed E-state index contributed by atoms with van der Waals surface area (Å²) in [6.07, 6.45) is 23.8. The molecule has 6 heteroatoms. The lowest BCUT2D eigenvalue weighted by molar-refractivity contribution is 0.555. The molecule has 0 bridgehead atoms. The maximum absolute atomic E-state index is 4.38. The van der Waals surface area contributed by atoms with E-state index in [0.29, 0.717) is 0 Å². The standard InChI is InChI=1S/C20H32N6/c1(3-5-7-9-11-21-17-19-23-13-14-24-19)2-4-6-8-10-12-22-18-20-25-15-16-26-20/h13-18H,1-12H2,(H,23,24)(H,25,26). The molecule has 0 atom stereocenters. The van der Waals surface area contributed by atoms with Gasteiger partial charge in [0.25, 0.3) is 0 Å². The summed E-state index contributed by atoms with van der Waals surface area (Å²) < 4.78 is 0. The monoisotopic (exact) mass is 356 g/mol. The Morgan fingerprint density at radius 1 is 0.615 bits per heavy atom. The summed E-state index contributed by atoms with van der Waals surface area (Å²) in [5, 5.41) is 0. The third kappa shape index (κ3) is 9.91. The summed E-state index contributed by atoms with van der Waals surface area (Å²) in [5.74, 6) is 1.68. The first-order valence-electron chi connectivity index (χ1n) is 9.93. The summed E-state index contributed by atoms with van der Waals surface area (Å²) in [7, 11) is 0. The van der Waals surface area contributed by atoms with Gasteiger partial charge in [-0.25, -0.2) is 9.97 Å². The van der Waals surface area contributed by atoms with Gasteiger partial charge < -0.3 is 9.97 Å². The summed E-state index contributed by atoms with van der Waals surface area (Å²) in [5.41, 5.74) is 0. The van der Waals surface area contributed by atoms with Crippen LogP contribution in [0.15, 0.2) is 34.8 Å². The Kier molecular flexibility index (Phi) is 10.8. The maximum atomic E-state index is 4.38. The van der Waals surface area contributed by atoms with Crippen molar-refractivity contribution in [2.24, 2.45) is 9.98 Å². The molecule has 0 aliphatic carbocycles. The van der Waals surface area contributed by atoms with Crippen molar-refractivity contribution in [3.63, 3.8) is 0 Å². The third-order valence-electron chi connectivity index (χ3n) is 4.29. The highest BCUT2D eigenvalue weighted by atomic mass is 14.9. The van der Waals surface area contributed by atoms with Crippen molar-refractivity contribution in [2.45, 2.75) is 64.2 Å². The van der Waals surface area contributed by atoms with Crippen LogP contribution in [0.2, 0.25) is 0 Å². The number of nitrogens with zero attached hydrogens (tertiary/aromatic N) is 4. The van der Waals surface area contributed by atoms with Crippen molar-refractivity contribution >= 4 is 12.4 Å². The van der Waals surface area contributed by atoms with Gasteiger partial charge in [-0.1, -0.05) is 51.4 Å². The van der Waals surface area contributed by atoms with Crippen LogP contribution in [0.1, 0.15) is 75.9 Å². The molecule has 0 radical (unpaired) electrons. The van der Waals surface area contributed by atoms with Crippen molar-refractivity contribution in [3.05, 3.63) is 36.4 Å². The summed E-state index contributed by atoms with van der Waals surface area (Å²) in [4.78, 5) is 23.0. The van der Waals surface area contributed by atoms with Gasteiger partial charge in [-0.15, -0.1) is 0 Å². The molecule has 6 nitrogen and oxygen atoms in total. The fraction of sp³-hybridized carbons (Fsp3) is 0.600. The molecule has 0 aromatic carbocycles. The number of imidazole rings is 2. The molecule has 2 aromatic rings. The van der Waals surface area contributed by atoms with Crippen LogP contribution < -0.4 is 0 Å². The van der Waals surface area contributed by atoms with Crippen LogP contribution in [-0.4, -0.2) is 45.5 Å². The Balaban J connectivity index is 1.28. The van der Waals surface area contributed by atoms with E-state index in [4.69, 9.17) is 0 Å². The van der Waals surface area contributed by atoms with Gasteiger partial charge in [0.2, 0.25) is 0 Å². The first-order valence-corrected chi connectivity index (χ1v) is 9.93. The topological polar surface area (TPSA) is 82.1 Å². The first-order chi connectivity index (χ1) is 12.9.